The minimum atomic E-state index is -5.17. The molecule has 13 heteroatoms. The van der Waals surface area contributed by atoms with Crippen molar-refractivity contribution in [3.63, 3.8) is 0 Å². The third-order valence-corrected chi connectivity index (χ3v) is 0. The summed E-state index contributed by atoms with van der Waals surface area (Å²) >= 11 is 0. The molecule has 0 aromatic rings. The zero-order valence-electron chi connectivity index (χ0n) is 6.36. The van der Waals surface area contributed by atoms with E-state index in [1.54, 1.807) is 0 Å². The van der Waals surface area contributed by atoms with Crippen LogP contribution in [-0.2, 0) is 26.9 Å². The van der Waals surface area contributed by atoms with E-state index in [-0.39, 0.29) is 118 Å². The van der Waals surface area contributed by atoms with Gasteiger partial charge in [-0.2, -0.15) is 0 Å². The molecular weight excluding hydrogens is 384 g/mol. The van der Waals surface area contributed by atoms with Crippen molar-refractivity contribution in [2.45, 2.75) is 0 Å². The number of hydrogen-bond acceptors (Lipinski definition) is 4. The van der Waals surface area contributed by atoms with Gasteiger partial charge in [-0.15, -0.1) is 0 Å². The predicted molar refractivity (Wildman–Crippen MR) is 32.2 cm³/mol. The maximum absolute atomic E-state index is 8.52. The van der Waals surface area contributed by atoms with E-state index in [9.17, 15) is 0 Å². The molecule has 0 heterocycles. The molecule has 10 nitrogen and oxygen atoms in total. The summed E-state index contributed by atoms with van der Waals surface area (Å²) < 4.78 is 34.1. The summed E-state index contributed by atoms with van der Waals surface area (Å²) in [5.74, 6) is 0. The first kappa shape index (κ1) is 80.0. The fourth-order valence-corrected chi connectivity index (χ4v) is 0. The molecule has 0 aromatic heterocycles. The van der Waals surface area contributed by atoms with E-state index in [1.165, 1.54) is 0 Å². The largest absolute Gasteiger partial charge is 2.00 e. The normalized spacial score (nSPS) is 4.46. The van der Waals surface area contributed by atoms with Crippen LogP contribution in [0.1, 0.15) is 0 Å². The van der Waals surface area contributed by atoms with Crippen molar-refractivity contribution in [3.8, 4) is 0 Å². The third-order valence-electron chi connectivity index (χ3n) is 0. The molecule has 0 aliphatic heterocycles. The van der Waals surface area contributed by atoms with E-state index in [1.807, 2.05) is 0 Å². The first-order valence-corrected chi connectivity index (χ1v) is 2.00. The van der Waals surface area contributed by atoms with Gasteiger partial charge in [0.1, 0.15) is 0 Å². The van der Waals surface area contributed by atoms with Crippen LogP contribution in [0.3, 0.4) is 0 Å². The molecule has 0 aromatic carbocycles. The minimum absolute atomic E-state index is 0. The van der Waals surface area contributed by atoms with Gasteiger partial charge in [0.2, 0.25) is 0 Å². The maximum atomic E-state index is 8.52. The average Bonchev–Trinajstić information content (AvgIpc) is 0.722. The van der Waals surface area contributed by atoms with Crippen LogP contribution in [-0.4, -0.2) is 50.4 Å². The van der Waals surface area contributed by atoms with Gasteiger partial charge in [-0.25, -0.2) is 0 Å². The topological polar surface area (TPSA) is 269 Å². The van der Waals surface area contributed by atoms with Crippen LogP contribution in [0, 0.1) is 0 Å². The predicted octanol–water partition coefficient (Wildman–Crippen LogP) is -9.28. The molecule has 0 bridgehead atoms. The molecule has 0 saturated carbocycles. The molecule has 0 unspecified atom stereocenters. The van der Waals surface area contributed by atoms with Crippen molar-refractivity contribution in [1.82, 2.24) is 0 Å². The van der Waals surface area contributed by atoms with Gasteiger partial charge >= 0.3 is 85.4 Å². The number of rotatable bonds is 0. The Morgan fingerprint density at radius 1 is 0.692 bits per heavy atom. The average molecular weight is 396 g/mol. The molecule has 0 amide bonds. The first-order chi connectivity index (χ1) is 2.00. The van der Waals surface area contributed by atoms with Gasteiger partial charge in [-0.05, 0) is 0 Å². The maximum Gasteiger partial charge on any atom is 2.00 e. The first-order valence-electron chi connectivity index (χ1n) is 0.667. The summed E-state index contributed by atoms with van der Waals surface area (Å²) in [5.41, 5.74) is 0. The molecule has 0 radical (unpaired) electrons. The Hall–Kier alpha value is 2.18. The second-order valence-electron chi connectivity index (χ2n) is 0.408. The second-order valence-corrected chi connectivity index (χ2v) is 1.22. The fraction of sp³-hybridized carbons (Fsp3) is 0. The summed E-state index contributed by atoms with van der Waals surface area (Å²) in [6, 6.07) is 0. The Bertz CT molecular complexity index is 98.1. The molecule has 0 atom stereocenters. The Kier molecular flexibility index (Phi) is 226. The summed E-state index contributed by atoms with van der Waals surface area (Å²) in [7, 11) is -5.17. The van der Waals surface area contributed by atoms with Crippen molar-refractivity contribution < 1.29 is 136 Å². The standard InChI is InChI=1S/Cs.Ni.H2O4S.6H2O/c;;1-5(2,3)4;;;;;;/h;;(H2,1,2,3,4);6*1H2/q+1;+2;;;;;;;/p-2. The molecule has 12 N–H and O–H groups in total. The van der Waals surface area contributed by atoms with E-state index < -0.39 is 10.4 Å². The van der Waals surface area contributed by atoms with Gasteiger partial charge in [0.15, 0.2) is 0 Å². The van der Waals surface area contributed by atoms with E-state index in [4.69, 9.17) is 17.5 Å². The van der Waals surface area contributed by atoms with Gasteiger partial charge in [-0.1, -0.05) is 0 Å². The molecular formula is H12CsNiO10S+. The van der Waals surface area contributed by atoms with Crippen molar-refractivity contribution in [2.24, 2.45) is 0 Å². The molecule has 0 saturated heterocycles. The van der Waals surface area contributed by atoms with E-state index in [0.29, 0.717) is 0 Å². The summed E-state index contributed by atoms with van der Waals surface area (Å²) in [6.07, 6.45) is 0. The Labute approximate surface area is 143 Å². The Morgan fingerprint density at radius 2 is 0.692 bits per heavy atom. The van der Waals surface area contributed by atoms with Gasteiger partial charge < -0.3 is 42.0 Å². The van der Waals surface area contributed by atoms with Crippen molar-refractivity contribution in [1.29, 1.82) is 0 Å². The smallest absolute Gasteiger partial charge is 0.759 e. The molecule has 88 valence electrons. The summed E-state index contributed by atoms with van der Waals surface area (Å²) in [5, 5.41) is 0. The Morgan fingerprint density at radius 3 is 0.692 bits per heavy atom. The van der Waals surface area contributed by atoms with Crippen LogP contribution in [0.4, 0.5) is 0 Å². The van der Waals surface area contributed by atoms with Crippen LogP contribution in [0.15, 0.2) is 0 Å². The minimum Gasteiger partial charge on any atom is -0.759 e. The van der Waals surface area contributed by atoms with Gasteiger partial charge in [0.25, 0.3) is 0 Å². The van der Waals surface area contributed by atoms with Crippen LogP contribution in [0.25, 0.3) is 0 Å². The molecule has 0 aliphatic carbocycles. The van der Waals surface area contributed by atoms with E-state index in [2.05, 4.69) is 0 Å². The third kappa shape index (κ3) is 444. The summed E-state index contributed by atoms with van der Waals surface area (Å²) in [4.78, 5) is 0. The monoisotopic (exact) mass is 395 g/mol. The van der Waals surface area contributed by atoms with Crippen molar-refractivity contribution in [3.05, 3.63) is 0 Å². The van der Waals surface area contributed by atoms with Crippen LogP contribution in [0.5, 0.6) is 0 Å². The zero-order chi connectivity index (χ0) is 4.50. The zero-order valence-corrected chi connectivity index (χ0v) is 14.4. The SMILES string of the molecule is O.O.O.O.O.O.O=S(=O)([O-])[O-].[Cs+].[Ni+2]. The molecule has 0 fully saturated rings. The molecule has 0 spiro atoms. The van der Waals surface area contributed by atoms with Crippen molar-refractivity contribution in [2.75, 3.05) is 0 Å². The van der Waals surface area contributed by atoms with Gasteiger partial charge in [0.05, 0.1) is 0 Å². The van der Waals surface area contributed by atoms with Crippen LogP contribution in [0.2, 0.25) is 0 Å². The molecule has 13 heavy (non-hydrogen) atoms. The quantitative estimate of drug-likeness (QED) is 0.219. The van der Waals surface area contributed by atoms with Crippen LogP contribution < -0.4 is 68.9 Å². The second kappa shape index (κ2) is 36.8. The molecule has 0 aliphatic rings. The summed E-state index contributed by atoms with van der Waals surface area (Å²) in [6.45, 7) is 0. The van der Waals surface area contributed by atoms with Crippen LogP contribution >= 0.6 is 0 Å². The van der Waals surface area contributed by atoms with E-state index in [0.717, 1.165) is 0 Å². The Balaban J connectivity index is -0.00000000286. The van der Waals surface area contributed by atoms with Gasteiger partial charge in [0, 0.05) is 10.4 Å². The fourth-order valence-electron chi connectivity index (χ4n) is 0. The molecule has 0 rings (SSSR count). The van der Waals surface area contributed by atoms with E-state index >= 15 is 0 Å². The number of hydrogen-bond donors (Lipinski definition) is 0. The van der Waals surface area contributed by atoms with Crippen molar-refractivity contribution >= 4 is 10.4 Å². The van der Waals surface area contributed by atoms with Gasteiger partial charge in [-0.3, -0.25) is 8.42 Å².